The van der Waals surface area contributed by atoms with E-state index in [-0.39, 0.29) is 18.4 Å². The van der Waals surface area contributed by atoms with Gasteiger partial charge in [-0.1, -0.05) is 6.07 Å². The summed E-state index contributed by atoms with van der Waals surface area (Å²) in [7, 11) is -3.13. The SMILES string of the molecule is COC1CC(S(=O)(=O)c2ccc(-c3nc(C)cs3)cc2C(F)(F)F)CC1C(=O)NC1(C#N)CC1. The number of hydrogen-bond donors (Lipinski definition) is 1. The molecule has 2 saturated carbocycles. The number of nitrogens with zero attached hydrogens (tertiary/aromatic N) is 2. The van der Waals surface area contributed by atoms with Gasteiger partial charge in [-0.2, -0.15) is 18.4 Å². The van der Waals surface area contributed by atoms with Crippen LogP contribution in [0.5, 0.6) is 0 Å². The number of carbonyl (C=O) groups excluding carboxylic acids is 1. The zero-order valence-electron chi connectivity index (χ0n) is 18.3. The summed E-state index contributed by atoms with van der Waals surface area (Å²) in [5, 5.41) is 12.7. The minimum atomic E-state index is -4.91. The summed E-state index contributed by atoms with van der Waals surface area (Å²) in [6.07, 6.45) is -5.02. The van der Waals surface area contributed by atoms with E-state index in [9.17, 15) is 31.6 Å². The van der Waals surface area contributed by atoms with Crippen LogP contribution < -0.4 is 5.32 Å². The Labute approximate surface area is 198 Å². The van der Waals surface area contributed by atoms with Crippen LogP contribution in [-0.4, -0.2) is 43.3 Å². The number of carbonyl (C=O) groups is 1. The monoisotopic (exact) mass is 513 g/mol. The highest BCUT2D eigenvalue weighted by atomic mass is 32.2. The van der Waals surface area contributed by atoms with Gasteiger partial charge in [0.15, 0.2) is 9.84 Å². The van der Waals surface area contributed by atoms with Crippen LogP contribution in [0.25, 0.3) is 10.6 Å². The molecule has 34 heavy (non-hydrogen) atoms. The normalized spacial score (nSPS) is 23.9. The van der Waals surface area contributed by atoms with Gasteiger partial charge >= 0.3 is 6.18 Å². The Hall–Kier alpha value is -2.49. The lowest BCUT2D eigenvalue weighted by molar-refractivity contribution is -0.139. The molecule has 1 N–H and O–H groups in total. The van der Waals surface area contributed by atoms with Gasteiger partial charge in [-0.25, -0.2) is 13.4 Å². The Morgan fingerprint density at radius 3 is 2.56 bits per heavy atom. The van der Waals surface area contributed by atoms with Crippen molar-refractivity contribution in [2.45, 2.75) is 60.6 Å². The topological polar surface area (TPSA) is 109 Å². The summed E-state index contributed by atoms with van der Waals surface area (Å²) in [5.41, 5.74) is -1.38. The van der Waals surface area contributed by atoms with Gasteiger partial charge in [0.2, 0.25) is 5.91 Å². The number of methoxy groups -OCH3 is 1. The van der Waals surface area contributed by atoms with E-state index in [1.807, 2.05) is 6.07 Å². The zero-order valence-corrected chi connectivity index (χ0v) is 20.0. The van der Waals surface area contributed by atoms with Gasteiger partial charge in [0.1, 0.15) is 10.5 Å². The molecule has 0 radical (unpaired) electrons. The predicted octanol–water partition coefficient (Wildman–Crippen LogP) is 3.88. The molecular formula is C22H22F3N3O4S2. The Balaban J connectivity index is 1.66. The third-order valence-corrected chi connectivity index (χ3v) is 9.56. The predicted molar refractivity (Wildman–Crippen MR) is 118 cm³/mol. The van der Waals surface area contributed by atoms with Crippen molar-refractivity contribution in [2.75, 3.05) is 7.11 Å². The molecule has 0 aliphatic heterocycles. The van der Waals surface area contributed by atoms with E-state index in [2.05, 4.69) is 10.3 Å². The summed E-state index contributed by atoms with van der Waals surface area (Å²) in [5.74, 6) is -1.41. The second kappa shape index (κ2) is 8.62. The lowest BCUT2D eigenvalue weighted by atomic mass is 10.0. The van der Waals surface area contributed by atoms with Crippen molar-refractivity contribution < 1.29 is 31.1 Å². The van der Waals surface area contributed by atoms with Crippen molar-refractivity contribution in [3.63, 3.8) is 0 Å². The number of nitriles is 1. The highest BCUT2D eigenvalue weighted by Crippen LogP contribution is 2.43. The summed E-state index contributed by atoms with van der Waals surface area (Å²) >= 11 is 1.17. The molecule has 1 aromatic carbocycles. The fraction of sp³-hybridized carbons (Fsp3) is 0.500. The van der Waals surface area contributed by atoms with E-state index in [0.717, 1.165) is 12.1 Å². The van der Waals surface area contributed by atoms with Crippen molar-refractivity contribution in [2.24, 2.45) is 5.92 Å². The first kappa shape index (κ1) is 24.6. The van der Waals surface area contributed by atoms with Gasteiger partial charge in [0.05, 0.1) is 33.8 Å². The maximum absolute atomic E-state index is 13.9. The molecule has 3 atom stereocenters. The van der Waals surface area contributed by atoms with Crippen LogP contribution in [0.15, 0.2) is 28.5 Å². The first-order valence-corrected chi connectivity index (χ1v) is 13.0. The van der Waals surface area contributed by atoms with Crippen molar-refractivity contribution in [3.8, 4) is 16.6 Å². The number of aromatic nitrogens is 1. The largest absolute Gasteiger partial charge is 0.417 e. The Morgan fingerprint density at radius 2 is 2.03 bits per heavy atom. The molecule has 12 heteroatoms. The number of nitrogens with one attached hydrogen (secondary N) is 1. The number of thiazole rings is 1. The van der Waals surface area contributed by atoms with E-state index in [0.29, 0.717) is 23.5 Å². The molecule has 2 fully saturated rings. The fourth-order valence-corrected chi connectivity index (χ4v) is 7.06. The minimum Gasteiger partial charge on any atom is -0.381 e. The molecule has 0 bridgehead atoms. The molecular weight excluding hydrogens is 491 g/mol. The minimum absolute atomic E-state index is 0.124. The molecule has 1 aromatic heterocycles. The molecule has 1 amide bonds. The molecule has 2 aliphatic rings. The molecule has 1 heterocycles. The number of ether oxygens (including phenoxy) is 1. The second-order valence-corrected chi connectivity index (χ2v) is 11.8. The smallest absolute Gasteiger partial charge is 0.381 e. The standard InChI is InChI=1S/C22H22F3N3O4S2/c1-12-10-33-20(27-12)13-3-4-18(16(7-13)22(23,24)25)34(30,31)14-8-15(17(9-14)32-2)19(29)28-21(11-26)5-6-21/h3-4,7,10,14-15,17H,5-6,8-9H2,1-2H3,(H,28,29). The molecule has 0 saturated heterocycles. The number of halogens is 3. The van der Waals surface area contributed by atoms with E-state index in [1.54, 1.807) is 12.3 Å². The molecule has 2 aliphatic carbocycles. The maximum Gasteiger partial charge on any atom is 0.417 e. The van der Waals surface area contributed by atoms with Crippen LogP contribution in [0, 0.1) is 24.2 Å². The van der Waals surface area contributed by atoms with Crippen LogP contribution in [0.1, 0.15) is 36.9 Å². The third kappa shape index (κ3) is 4.56. The van der Waals surface area contributed by atoms with E-state index in [1.165, 1.54) is 24.5 Å². The average Bonchev–Trinajstić information content (AvgIpc) is 3.19. The van der Waals surface area contributed by atoms with E-state index < -0.39 is 55.2 Å². The Kier molecular flexibility index (Phi) is 6.25. The lowest BCUT2D eigenvalue weighted by Crippen LogP contribution is -2.42. The van der Waals surface area contributed by atoms with Crippen molar-refractivity contribution >= 4 is 27.1 Å². The van der Waals surface area contributed by atoms with Gasteiger partial charge in [-0.15, -0.1) is 11.3 Å². The zero-order chi connectivity index (χ0) is 24.9. The number of hydrogen-bond acceptors (Lipinski definition) is 7. The number of rotatable bonds is 6. The van der Waals surface area contributed by atoms with Gasteiger partial charge in [-0.05, 0) is 44.7 Å². The summed E-state index contributed by atoms with van der Waals surface area (Å²) in [6, 6.07) is 5.12. The summed E-state index contributed by atoms with van der Waals surface area (Å²) in [4.78, 5) is 16.1. The molecule has 182 valence electrons. The second-order valence-electron chi connectivity index (χ2n) is 8.70. The third-order valence-electron chi connectivity index (χ3n) is 6.32. The van der Waals surface area contributed by atoms with Crippen LogP contribution in [-0.2, 0) is 25.5 Å². The van der Waals surface area contributed by atoms with Crippen LogP contribution >= 0.6 is 11.3 Å². The molecule has 0 spiro atoms. The first-order chi connectivity index (χ1) is 15.9. The fourth-order valence-electron chi connectivity index (χ4n) is 4.26. The van der Waals surface area contributed by atoms with Crippen LogP contribution in [0.2, 0.25) is 0 Å². The molecule has 3 unspecified atom stereocenters. The molecule has 2 aromatic rings. The molecule has 4 rings (SSSR count). The van der Waals surface area contributed by atoms with Gasteiger partial charge in [-0.3, -0.25) is 4.79 Å². The Morgan fingerprint density at radius 1 is 1.32 bits per heavy atom. The van der Waals surface area contributed by atoms with Crippen molar-refractivity contribution in [1.82, 2.24) is 10.3 Å². The van der Waals surface area contributed by atoms with Gasteiger partial charge in [0, 0.05) is 23.7 Å². The lowest BCUT2D eigenvalue weighted by Gasteiger charge is -2.19. The number of amides is 1. The average molecular weight is 514 g/mol. The number of alkyl halides is 3. The summed E-state index contributed by atoms with van der Waals surface area (Å²) < 4.78 is 73.9. The van der Waals surface area contributed by atoms with Gasteiger partial charge in [0.25, 0.3) is 0 Å². The van der Waals surface area contributed by atoms with Crippen LogP contribution in [0.4, 0.5) is 13.2 Å². The van der Waals surface area contributed by atoms with Gasteiger partial charge < -0.3 is 10.1 Å². The number of sulfone groups is 1. The number of aryl methyl sites for hydroxylation is 1. The highest BCUT2D eigenvalue weighted by molar-refractivity contribution is 7.92. The number of benzene rings is 1. The van der Waals surface area contributed by atoms with Crippen LogP contribution in [0.3, 0.4) is 0 Å². The molecule has 7 nitrogen and oxygen atoms in total. The van der Waals surface area contributed by atoms with Crippen molar-refractivity contribution in [3.05, 3.63) is 34.8 Å². The van der Waals surface area contributed by atoms with E-state index >= 15 is 0 Å². The Bertz CT molecular complexity index is 1260. The first-order valence-electron chi connectivity index (χ1n) is 10.5. The summed E-state index contributed by atoms with van der Waals surface area (Å²) in [6.45, 7) is 1.71. The van der Waals surface area contributed by atoms with Crippen molar-refractivity contribution in [1.29, 1.82) is 5.26 Å². The van der Waals surface area contributed by atoms with E-state index in [4.69, 9.17) is 4.74 Å². The maximum atomic E-state index is 13.9. The highest BCUT2D eigenvalue weighted by Gasteiger charge is 2.51. The quantitative estimate of drug-likeness (QED) is 0.628.